The standard InChI is InChI=1S/C24H23NO5S2/c1-18-17-24(2,3)25(31(26,27)20-10-6-4-7-11-20)23-15-14-19(16-22(18)23)30-32(28,29)21-12-8-5-9-13-21/h4-17H,1-3H3. The average Bonchev–Trinajstić information content (AvgIpc) is 2.74. The number of anilines is 1. The maximum Gasteiger partial charge on any atom is 0.339 e. The molecular formula is C24H23NO5S2. The maximum absolute atomic E-state index is 13.5. The van der Waals surface area contributed by atoms with Crippen LogP contribution >= 0.6 is 0 Å². The van der Waals surface area contributed by atoms with Crippen LogP contribution in [0, 0.1) is 0 Å². The van der Waals surface area contributed by atoms with Crippen LogP contribution in [0.1, 0.15) is 26.3 Å². The number of allylic oxidation sites excluding steroid dienone is 1. The summed E-state index contributed by atoms with van der Waals surface area (Å²) in [6, 6.07) is 20.7. The highest BCUT2D eigenvalue weighted by Crippen LogP contribution is 2.43. The number of nitrogens with zero attached hydrogens (tertiary/aromatic N) is 1. The molecule has 0 fully saturated rings. The second kappa shape index (κ2) is 7.79. The van der Waals surface area contributed by atoms with Crippen molar-refractivity contribution in [1.82, 2.24) is 0 Å². The highest BCUT2D eigenvalue weighted by molar-refractivity contribution is 7.93. The van der Waals surface area contributed by atoms with Gasteiger partial charge in [0, 0.05) is 5.56 Å². The Morgan fingerprint density at radius 2 is 1.34 bits per heavy atom. The second-order valence-corrected chi connectivity index (χ2v) is 11.4. The highest BCUT2D eigenvalue weighted by atomic mass is 32.2. The summed E-state index contributed by atoms with van der Waals surface area (Å²) < 4.78 is 59.0. The lowest BCUT2D eigenvalue weighted by Crippen LogP contribution is -2.48. The van der Waals surface area contributed by atoms with E-state index in [0.717, 1.165) is 5.57 Å². The molecule has 4 rings (SSSR count). The van der Waals surface area contributed by atoms with Crippen molar-refractivity contribution in [3.05, 3.63) is 90.5 Å². The zero-order valence-electron chi connectivity index (χ0n) is 17.9. The van der Waals surface area contributed by atoms with E-state index < -0.39 is 25.7 Å². The minimum Gasteiger partial charge on any atom is -0.379 e. The van der Waals surface area contributed by atoms with Crippen LogP contribution in [-0.4, -0.2) is 22.4 Å². The van der Waals surface area contributed by atoms with E-state index in [2.05, 4.69) is 0 Å². The van der Waals surface area contributed by atoms with Crippen molar-refractivity contribution in [3.63, 3.8) is 0 Å². The van der Waals surface area contributed by atoms with Crippen LogP contribution in [0.15, 0.2) is 94.7 Å². The van der Waals surface area contributed by atoms with Crippen molar-refractivity contribution in [2.75, 3.05) is 4.31 Å². The lowest BCUT2D eigenvalue weighted by atomic mass is 9.91. The van der Waals surface area contributed by atoms with Crippen molar-refractivity contribution in [3.8, 4) is 5.75 Å². The van der Waals surface area contributed by atoms with Gasteiger partial charge in [0.1, 0.15) is 10.6 Å². The van der Waals surface area contributed by atoms with Gasteiger partial charge in [-0.3, -0.25) is 4.31 Å². The van der Waals surface area contributed by atoms with Gasteiger partial charge in [0.15, 0.2) is 0 Å². The molecule has 0 spiro atoms. The Balaban J connectivity index is 1.80. The summed E-state index contributed by atoms with van der Waals surface area (Å²) in [4.78, 5) is 0.221. The van der Waals surface area contributed by atoms with Crippen LogP contribution in [-0.2, 0) is 20.1 Å². The van der Waals surface area contributed by atoms with Gasteiger partial charge in [-0.25, -0.2) is 8.42 Å². The van der Waals surface area contributed by atoms with Crippen LogP contribution in [0.4, 0.5) is 5.69 Å². The van der Waals surface area contributed by atoms with Gasteiger partial charge in [-0.15, -0.1) is 0 Å². The molecule has 0 unspecified atom stereocenters. The van der Waals surface area contributed by atoms with E-state index in [0.29, 0.717) is 11.3 Å². The predicted octanol–water partition coefficient (Wildman–Crippen LogP) is 4.85. The third kappa shape index (κ3) is 3.91. The first-order valence-electron chi connectivity index (χ1n) is 9.96. The fourth-order valence-corrected chi connectivity index (χ4v) is 6.68. The highest BCUT2D eigenvalue weighted by Gasteiger charge is 2.40. The average molecular weight is 470 g/mol. The summed E-state index contributed by atoms with van der Waals surface area (Å²) in [5.41, 5.74) is 1.05. The van der Waals surface area contributed by atoms with Crippen molar-refractivity contribution in [2.45, 2.75) is 36.1 Å². The number of hydrogen-bond donors (Lipinski definition) is 0. The third-order valence-corrected chi connectivity index (χ3v) is 8.50. The van der Waals surface area contributed by atoms with Crippen molar-refractivity contribution in [2.24, 2.45) is 0 Å². The van der Waals surface area contributed by atoms with Gasteiger partial charge in [0.2, 0.25) is 0 Å². The molecule has 1 aliphatic heterocycles. The number of rotatable bonds is 5. The molecule has 32 heavy (non-hydrogen) atoms. The Bertz CT molecular complexity index is 1400. The summed E-state index contributed by atoms with van der Waals surface area (Å²) in [6.07, 6.45) is 1.85. The molecule has 6 nitrogen and oxygen atoms in total. The van der Waals surface area contributed by atoms with Crippen molar-refractivity contribution < 1.29 is 21.0 Å². The van der Waals surface area contributed by atoms with Gasteiger partial charge in [-0.2, -0.15) is 8.42 Å². The molecule has 0 saturated carbocycles. The molecule has 166 valence electrons. The molecule has 0 aromatic heterocycles. The van der Waals surface area contributed by atoms with E-state index in [9.17, 15) is 16.8 Å². The summed E-state index contributed by atoms with van der Waals surface area (Å²) in [7, 11) is -7.88. The molecule has 0 N–H and O–H groups in total. The van der Waals surface area contributed by atoms with Gasteiger partial charge < -0.3 is 4.18 Å². The Hall–Kier alpha value is -3.10. The first kappa shape index (κ1) is 22.1. The number of fused-ring (bicyclic) bond motifs is 1. The topological polar surface area (TPSA) is 80.8 Å². The first-order valence-corrected chi connectivity index (χ1v) is 12.8. The normalized spacial score (nSPS) is 15.6. The number of benzene rings is 3. The molecule has 1 heterocycles. The van der Waals surface area contributed by atoms with Gasteiger partial charge in [0.05, 0.1) is 16.1 Å². The summed E-state index contributed by atoms with van der Waals surface area (Å²) in [5, 5.41) is 0. The summed E-state index contributed by atoms with van der Waals surface area (Å²) in [6.45, 7) is 5.51. The second-order valence-electron chi connectivity index (χ2n) is 8.09. The smallest absolute Gasteiger partial charge is 0.339 e. The van der Waals surface area contributed by atoms with Gasteiger partial charge in [0.25, 0.3) is 10.0 Å². The molecular weight excluding hydrogens is 446 g/mol. The van der Waals surface area contributed by atoms with Crippen molar-refractivity contribution >= 4 is 31.4 Å². The zero-order chi connectivity index (χ0) is 23.1. The Kier molecular flexibility index (Phi) is 5.38. The first-order chi connectivity index (χ1) is 15.0. The summed E-state index contributed by atoms with van der Waals surface area (Å²) >= 11 is 0. The van der Waals surface area contributed by atoms with Gasteiger partial charge >= 0.3 is 10.1 Å². The largest absolute Gasteiger partial charge is 0.379 e. The minimum atomic E-state index is -4.02. The van der Waals surface area contributed by atoms with E-state index in [1.807, 2.05) is 26.8 Å². The number of sulfonamides is 1. The van der Waals surface area contributed by atoms with E-state index in [1.165, 1.54) is 22.5 Å². The molecule has 3 aromatic carbocycles. The molecule has 3 aromatic rings. The Labute approximate surface area is 189 Å². The van der Waals surface area contributed by atoms with E-state index in [4.69, 9.17) is 4.18 Å². The Morgan fingerprint density at radius 3 is 1.94 bits per heavy atom. The van der Waals surface area contributed by atoms with Crippen LogP contribution in [0.3, 0.4) is 0 Å². The van der Waals surface area contributed by atoms with Gasteiger partial charge in [-0.1, -0.05) is 42.5 Å². The third-order valence-electron chi connectivity index (χ3n) is 5.22. The van der Waals surface area contributed by atoms with E-state index >= 15 is 0 Å². The van der Waals surface area contributed by atoms with Gasteiger partial charge in [-0.05, 0) is 68.8 Å². The quantitative estimate of drug-likeness (QED) is 0.499. The number of hydrogen-bond acceptors (Lipinski definition) is 5. The van der Waals surface area contributed by atoms with E-state index in [1.54, 1.807) is 60.7 Å². The van der Waals surface area contributed by atoms with Crippen molar-refractivity contribution in [1.29, 1.82) is 0 Å². The van der Waals surface area contributed by atoms with Crippen LogP contribution in [0.25, 0.3) is 5.57 Å². The fourth-order valence-electron chi connectivity index (χ4n) is 3.94. The molecule has 0 radical (unpaired) electrons. The molecule has 0 aliphatic carbocycles. The monoisotopic (exact) mass is 469 g/mol. The van der Waals surface area contributed by atoms with E-state index in [-0.39, 0.29) is 15.5 Å². The lowest BCUT2D eigenvalue weighted by molar-refractivity contribution is 0.485. The molecule has 0 saturated heterocycles. The predicted molar refractivity (Wildman–Crippen MR) is 125 cm³/mol. The molecule has 8 heteroatoms. The lowest BCUT2D eigenvalue weighted by Gasteiger charge is -2.42. The maximum atomic E-state index is 13.5. The molecule has 0 atom stereocenters. The molecule has 1 aliphatic rings. The summed E-state index contributed by atoms with van der Waals surface area (Å²) in [5.74, 6) is 0.108. The van der Waals surface area contributed by atoms with Crippen LogP contribution in [0.2, 0.25) is 0 Å². The fraction of sp³-hybridized carbons (Fsp3) is 0.167. The van der Waals surface area contributed by atoms with Crippen LogP contribution < -0.4 is 8.49 Å². The molecule has 0 bridgehead atoms. The zero-order valence-corrected chi connectivity index (χ0v) is 19.5. The SMILES string of the molecule is CC1=CC(C)(C)N(S(=O)(=O)c2ccccc2)c2ccc(OS(=O)(=O)c3ccccc3)cc21. The Morgan fingerprint density at radius 1 is 0.781 bits per heavy atom. The molecule has 0 amide bonds. The minimum absolute atomic E-state index is 0.0411. The van der Waals surface area contributed by atoms with Crippen LogP contribution in [0.5, 0.6) is 5.75 Å².